The summed E-state index contributed by atoms with van der Waals surface area (Å²) < 4.78 is 21.0. The van der Waals surface area contributed by atoms with Crippen LogP contribution in [0, 0.1) is 5.82 Å². The molecule has 1 fully saturated rings. The molecule has 1 unspecified atom stereocenters. The fraction of sp³-hybridized carbons (Fsp3) is 0.389. The molecule has 1 atom stereocenters. The first-order chi connectivity index (χ1) is 12.7. The van der Waals surface area contributed by atoms with Crippen molar-refractivity contribution in [2.45, 2.75) is 25.5 Å². The van der Waals surface area contributed by atoms with Crippen molar-refractivity contribution in [3.8, 4) is 0 Å². The SMILES string of the molecule is COCc1cc(NC2CCCN(c3ccccc3F)C2)n2ncnc2n1. The Labute approximate surface area is 150 Å². The minimum atomic E-state index is -0.182. The Kier molecular flexibility index (Phi) is 4.66. The van der Waals surface area contributed by atoms with Gasteiger partial charge in [-0.25, -0.2) is 9.37 Å². The molecule has 0 bridgehead atoms. The lowest BCUT2D eigenvalue weighted by Gasteiger charge is -2.35. The third kappa shape index (κ3) is 3.32. The first-order valence-corrected chi connectivity index (χ1v) is 8.69. The lowest BCUT2D eigenvalue weighted by molar-refractivity contribution is 0.181. The van der Waals surface area contributed by atoms with Gasteiger partial charge in [-0.05, 0) is 25.0 Å². The predicted octanol–water partition coefficient (Wildman–Crippen LogP) is 2.49. The molecule has 1 saturated heterocycles. The van der Waals surface area contributed by atoms with Gasteiger partial charge in [0.15, 0.2) is 0 Å². The molecule has 1 N–H and O–H groups in total. The van der Waals surface area contributed by atoms with Crippen LogP contribution < -0.4 is 10.2 Å². The van der Waals surface area contributed by atoms with E-state index in [1.54, 1.807) is 17.7 Å². The van der Waals surface area contributed by atoms with E-state index in [2.05, 4.69) is 25.3 Å². The van der Waals surface area contributed by atoms with Gasteiger partial charge < -0.3 is 15.0 Å². The van der Waals surface area contributed by atoms with Gasteiger partial charge in [0, 0.05) is 32.3 Å². The van der Waals surface area contributed by atoms with Gasteiger partial charge in [0.1, 0.15) is 18.0 Å². The molecule has 0 radical (unpaired) electrons. The number of hydrogen-bond acceptors (Lipinski definition) is 6. The van der Waals surface area contributed by atoms with E-state index >= 15 is 0 Å². The lowest BCUT2D eigenvalue weighted by atomic mass is 10.0. The van der Waals surface area contributed by atoms with Crippen LogP contribution in [0.15, 0.2) is 36.7 Å². The van der Waals surface area contributed by atoms with Crippen LogP contribution in [0.1, 0.15) is 18.5 Å². The molecule has 1 aliphatic heterocycles. The Morgan fingerprint density at radius 2 is 2.23 bits per heavy atom. The number of fused-ring (bicyclic) bond motifs is 1. The van der Waals surface area contributed by atoms with Crippen LogP contribution in [0.4, 0.5) is 15.9 Å². The minimum Gasteiger partial charge on any atom is -0.378 e. The number of rotatable bonds is 5. The zero-order chi connectivity index (χ0) is 17.9. The molecule has 8 heteroatoms. The van der Waals surface area contributed by atoms with Crippen molar-refractivity contribution >= 4 is 17.3 Å². The molecule has 136 valence electrons. The van der Waals surface area contributed by atoms with Crippen LogP contribution in [0.2, 0.25) is 0 Å². The fourth-order valence-electron chi connectivity index (χ4n) is 3.42. The maximum atomic E-state index is 14.1. The average molecular weight is 356 g/mol. The molecule has 0 aliphatic carbocycles. The summed E-state index contributed by atoms with van der Waals surface area (Å²) in [5.41, 5.74) is 1.44. The molecule has 3 aromatic rings. The summed E-state index contributed by atoms with van der Waals surface area (Å²) in [6.45, 7) is 1.98. The van der Waals surface area contributed by atoms with E-state index in [1.165, 1.54) is 12.4 Å². The van der Waals surface area contributed by atoms with E-state index in [4.69, 9.17) is 4.74 Å². The Hall–Kier alpha value is -2.74. The summed E-state index contributed by atoms with van der Waals surface area (Å²) in [5, 5.41) is 7.77. The van der Waals surface area contributed by atoms with Crippen LogP contribution in [-0.4, -0.2) is 45.8 Å². The van der Waals surface area contributed by atoms with E-state index in [1.807, 2.05) is 18.2 Å². The van der Waals surface area contributed by atoms with Gasteiger partial charge in [0.05, 0.1) is 18.0 Å². The molecule has 0 spiro atoms. The third-order valence-corrected chi connectivity index (χ3v) is 4.56. The molecule has 0 amide bonds. The van der Waals surface area contributed by atoms with Gasteiger partial charge in [0.2, 0.25) is 0 Å². The van der Waals surface area contributed by atoms with Gasteiger partial charge >= 0.3 is 0 Å². The van der Waals surface area contributed by atoms with Gasteiger partial charge in [0.25, 0.3) is 5.78 Å². The quantitative estimate of drug-likeness (QED) is 0.758. The van der Waals surface area contributed by atoms with E-state index in [0.29, 0.717) is 18.1 Å². The first kappa shape index (κ1) is 16.7. The van der Waals surface area contributed by atoms with Crippen LogP contribution in [0.3, 0.4) is 0 Å². The molecule has 4 rings (SSSR count). The predicted molar refractivity (Wildman–Crippen MR) is 96.8 cm³/mol. The number of para-hydroxylation sites is 1. The Balaban J connectivity index is 1.56. The van der Waals surface area contributed by atoms with Crippen molar-refractivity contribution in [2.24, 2.45) is 0 Å². The summed E-state index contributed by atoms with van der Waals surface area (Å²) in [4.78, 5) is 10.7. The zero-order valence-electron chi connectivity index (χ0n) is 14.6. The number of halogens is 1. The van der Waals surface area contributed by atoms with Crippen molar-refractivity contribution in [1.29, 1.82) is 0 Å². The second-order valence-electron chi connectivity index (χ2n) is 6.42. The second kappa shape index (κ2) is 7.25. The van der Waals surface area contributed by atoms with Crippen LogP contribution >= 0.6 is 0 Å². The monoisotopic (exact) mass is 356 g/mol. The molecular formula is C18H21FN6O. The summed E-state index contributed by atoms with van der Waals surface area (Å²) >= 11 is 0. The van der Waals surface area contributed by atoms with Gasteiger partial charge in [-0.15, -0.1) is 0 Å². The fourth-order valence-corrected chi connectivity index (χ4v) is 3.42. The van der Waals surface area contributed by atoms with E-state index in [-0.39, 0.29) is 11.9 Å². The summed E-state index contributed by atoms with van der Waals surface area (Å²) in [7, 11) is 1.64. The molecular weight excluding hydrogens is 335 g/mol. The maximum Gasteiger partial charge on any atom is 0.254 e. The first-order valence-electron chi connectivity index (χ1n) is 8.69. The number of methoxy groups -OCH3 is 1. The summed E-state index contributed by atoms with van der Waals surface area (Å²) in [6, 6.07) is 9.02. The van der Waals surface area contributed by atoms with E-state index in [9.17, 15) is 4.39 Å². The Bertz CT molecular complexity index is 898. The normalized spacial score (nSPS) is 17.6. The largest absolute Gasteiger partial charge is 0.378 e. The minimum absolute atomic E-state index is 0.175. The molecule has 0 saturated carbocycles. The Morgan fingerprint density at radius 3 is 3.08 bits per heavy atom. The number of benzene rings is 1. The molecule has 1 aliphatic rings. The smallest absolute Gasteiger partial charge is 0.254 e. The number of nitrogens with one attached hydrogen (secondary N) is 1. The van der Waals surface area contributed by atoms with E-state index in [0.717, 1.165) is 37.4 Å². The molecule has 2 aromatic heterocycles. The molecule has 7 nitrogen and oxygen atoms in total. The topological polar surface area (TPSA) is 67.6 Å². The number of nitrogens with zero attached hydrogens (tertiary/aromatic N) is 5. The molecule has 26 heavy (non-hydrogen) atoms. The van der Waals surface area contributed by atoms with Gasteiger partial charge in [-0.3, -0.25) is 0 Å². The van der Waals surface area contributed by atoms with Crippen LogP contribution in [-0.2, 0) is 11.3 Å². The highest BCUT2D eigenvalue weighted by atomic mass is 19.1. The Morgan fingerprint density at radius 1 is 1.35 bits per heavy atom. The maximum absolute atomic E-state index is 14.1. The lowest BCUT2D eigenvalue weighted by Crippen LogP contribution is -2.42. The van der Waals surface area contributed by atoms with Crippen molar-refractivity contribution in [2.75, 3.05) is 30.4 Å². The molecule has 3 heterocycles. The van der Waals surface area contributed by atoms with Gasteiger partial charge in [-0.2, -0.15) is 14.6 Å². The van der Waals surface area contributed by atoms with Crippen LogP contribution in [0.25, 0.3) is 5.78 Å². The second-order valence-corrected chi connectivity index (χ2v) is 6.42. The summed E-state index contributed by atoms with van der Waals surface area (Å²) in [5.74, 6) is 1.17. The summed E-state index contributed by atoms with van der Waals surface area (Å²) in [6.07, 6.45) is 3.47. The number of hydrogen-bond donors (Lipinski definition) is 1. The number of anilines is 2. The highest BCUT2D eigenvalue weighted by Gasteiger charge is 2.23. The number of ether oxygens (including phenoxy) is 1. The molecule has 1 aromatic carbocycles. The highest BCUT2D eigenvalue weighted by Crippen LogP contribution is 2.24. The highest BCUT2D eigenvalue weighted by molar-refractivity contribution is 5.50. The van der Waals surface area contributed by atoms with Gasteiger partial charge in [-0.1, -0.05) is 12.1 Å². The zero-order valence-corrected chi connectivity index (χ0v) is 14.6. The number of piperidine rings is 1. The van der Waals surface area contributed by atoms with Crippen molar-refractivity contribution < 1.29 is 9.13 Å². The van der Waals surface area contributed by atoms with Crippen molar-refractivity contribution in [3.63, 3.8) is 0 Å². The number of aromatic nitrogens is 4. The van der Waals surface area contributed by atoms with Crippen molar-refractivity contribution in [1.82, 2.24) is 19.6 Å². The van der Waals surface area contributed by atoms with E-state index < -0.39 is 0 Å². The van der Waals surface area contributed by atoms with Crippen molar-refractivity contribution in [3.05, 3.63) is 48.2 Å². The standard InChI is InChI=1S/C18H21FN6O/c1-26-11-14-9-17(25-18(23-14)20-12-21-25)22-13-5-4-8-24(10-13)16-7-3-2-6-15(16)19/h2-3,6-7,9,12-13,22H,4-5,8,10-11H2,1H3. The van der Waals surface area contributed by atoms with Crippen LogP contribution in [0.5, 0.6) is 0 Å². The average Bonchev–Trinajstić information content (AvgIpc) is 3.11. The third-order valence-electron chi connectivity index (χ3n) is 4.56.